The van der Waals surface area contributed by atoms with Crippen molar-refractivity contribution in [2.75, 3.05) is 33.3 Å². The lowest BCUT2D eigenvalue weighted by Crippen LogP contribution is -2.49. The Kier molecular flexibility index (Phi) is 8.77. The molecule has 1 aromatic rings. The lowest BCUT2D eigenvalue weighted by molar-refractivity contribution is 0.0532. The molecule has 0 radical (unpaired) electrons. The van der Waals surface area contributed by atoms with Crippen LogP contribution in [0.1, 0.15) is 58.6 Å². The molecule has 0 spiro atoms. The number of aliphatic imine (C=N–C) groups is 1. The molecule has 0 bridgehead atoms. The zero-order valence-corrected chi connectivity index (χ0v) is 18.7. The second-order valence-electron chi connectivity index (χ2n) is 9.05. The van der Waals surface area contributed by atoms with Crippen LogP contribution >= 0.6 is 0 Å². The summed E-state index contributed by atoms with van der Waals surface area (Å²) in [5.41, 5.74) is 2.83. The van der Waals surface area contributed by atoms with Gasteiger partial charge < -0.3 is 20.3 Å². The Morgan fingerprint density at radius 2 is 1.82 bits per heavy atom. The van der Waals surface area contributed by atoms with Crippen molar-refractivity contribution in [1.29, 1.82) is 0 Å². The van der Waals surface area contributed by atoms with Crippen molar-refractivity contribution in [3.63, 3.8) is 0 Å². The highest BCUT2D eigenvalue weighted by molar-refractivity contribution is 5.79. The molecule has 0 amide bonds. The number of hydrogen-bond donors (Lipinski definition) is 2. The fraction of sp³-hybridized carbons (Fsp3) is 0.696. The maximum atomic E-state index is 5.67. The molecule has 5 nitrogen and oxygen atoms in total. The minimum atomic E-state index is 0.194. The lowest BCUT2D eigenvalue weighted by Gasteiger charge is -2.33. The second-order valence-corrected chi connectivity index (χ2v) is 9.05. The molecule has 1 aliphatic rings. The summed E-state index contributed by atoms with van der Waals surface area (Å²) in [6, 6.07) is 9.35. The van der Waals surface area contributed by atoms with Gasteiger partial charge in [-0.1, -0.05) is 45.0 Å². The van der Waals surface area contributed by atoms with Crippen LogP contribution in [0.15, 0.2) is 29.3 Å². The summed E-state index contributed by atoms with van der Waals surface area (Å²) in [5, 5.41) is 7.04. The first-order valence-electron chi connectivity index (χ1n) is 10.7. The van der Waals surface area contributed by atoms with Gasteiger partial charge in [0.15, 0.2) is 5.96 Å². The van der Waals surface area contributed by atoms with Crippen molar-refractivity contribution < 1.29 is 4.74 Å². The largest absolute Gasteiger partial charge is 0.377 e. The molecule has 0 atom stereocenters. The number of rotatable bonds is 7. The molecule has 158 valence electrons. The third kappa shape index (κ3) is 7.80. The van der Waals surface area contributed by atoms with Crippen LogP contribution in [-0.4, -0.2) is 56.3 Å². The van der Waals surface area contributed by atoms with Gasteiger partial charge in [-0.15, -0.1) is 0 Å². The molecule has 1 fully saturated rings. The van der Waals surface area contributed by atoms with Gasteiger partial charge in [-0.2, -0.15) is 0 Å². The van der Waals surface area contributed by atoms with Crippen molar-refractivity contribution in [2.45, 2.75) is 71.6 Å². The topological polar surface area (TPSA) is 48.9 Å². The Labute approximate surface area is 171 Å². The van der Waals surface area contributed by atoms with Crippen LogP contribution < -0.4 is 10.6 Å². The zero-order chi connectivity index (χ0) is 20.6. The standard InChI is InChI=1S/C23H40N4O/c1-18(2)28-16-15-27-13-11-21(12-14-27)26-22(24-6)25-17-19-7-9-20(10-8-19)23(3,4)5/h7-10,18,21H,11-17H2,1-6H3,(H2,24,25,26). The Bertz CT molecular complexity index is 596. The number of hydrogen-bond acceptors (Lipinski definition) is 3. The van der Waals surface area contributed by atoms with Crippen LogP contribution in [0.4, 0.5) is 0 Å². The average molecular weight is 389 g/mol. The average Bonchev–Trinajstić information content (AvgIpc) is 2.65. The number of guanidine groups is 1. The van der Waals surface area contributed by atoms with Gasteiger partial charge in [0.05, 0.1) is 12.7 Å². The highest BCUT2D eigenvalue weighted by atomic mass is 16.5. The van der Waals surface area contributed by atoms with Crippen molar-refractivity contribution in [3.05, 3.63) is 35.4 Å². The Morgan fingerprint density at radius 3 is 2.36 bits per heavy atom. The smallest absolute Gasteiger partial charge is 0.191 e. The lowest BCUT2D eigenvalue weighted by atomic mass is 9.87. The molecule has 0 aliphatic carbocycles. The quantitative estimate of drug-likeness (QED) is 0.554. The van der Waals surface area contributed by atoms with E-state index in [0.29, 0.717) is 12.1 Å². The molecule has 2 rings (SSSR count). The Balaban J connectivity index is 1.72. The number of nitrogens with one attached hydrogen (secondary N) is 2. The van der Waals surface area contributed by atoms with Gasteiger partial charge in [-0.3, -0.25) is 4.99 Å². The van der Waals surface area contributed by atoms with E-state index in [4.69, 9.17) is 4.74 Å². The van der Waals surface area contributed by atoms with Crippen LogP contribution in [-0.2, 0) is 16.7 Å². The summed E-state index contributed by atoms with van der Waals surface area (Å²) in [4.78, 5) is 6.90. The molecule has 1 aliphatic heterocycles. The summed E-state index contributed by atoms with van der Waals surface area (Å²) in [6.45, 7) is 15.8. The van der Waals surface area contributed by atoms with E-state index in [9.17, 15) is 0 Å². The van der Waals surface area contributed by atoms with Crippen LogP contribution in [0.25, 0.3) is 0 Å². The first-order valence-corrected chi connectivity index (χ1v) is 10.7. The highest BCUT2D eigenvalue weighted by Crippen LogP contribution is 2.22. The van der Waals surface area contributed by atoms with Gasteiger partial charge in [-0.25, -0.2) is 0 Å². The van der Waals surface area contributed by atoms with Crippen molar-refractivity contribution in [3.8, 4) is 0 Å². The molecule has 5 heteroatoms. The number of piperidine rings is 1. The molecule has 1 aromatic carbocycles. The highest BCUT2D eigenvalue weighted by Gasteiger charge is 2.20. The maximum absolute atomic E-state index is 5.67. The maximum Gasteiger partial charge on any atom is 0.191 e. The van der Waals surface area contributed by atoms with Crippen LogP contribution in [0.3, 0.4) is 0 Å². The molecule has 0 saturated carbocycles. The molecule has 0 aromatic heterocycles. The van der Waals surface area contributed by atoms with Crippen molar-refractivity contribution in [1.82, 2.24) is 15.5 Å². The fourth-order valence-corrected chi connectivity index (χ4v) is 3.41. The summed E-state index contributed by atoms with van der Waals surface area (Å²) in [7, 11) is 1.84. The normalized spacial score (nSPS) is 17.2. The van der Waals surface area contributed by atoms with E-state index in [2.05, 4.69) is 79.4 Å². The zero-order valence-electron chi connectivity index (χ0n) is 18.7. The predicted octanol–water partition coefficient (Wildman–Crippen LogP) is 3.54. The first kappa shape index (κ1) is 22.7. The van der Waals surface area contributed by atoms with E-state index in [1.165, 1.54) is 11.1 Å². The minimum Gasteiger partial charge on any atom is -0.377 e. The van der Waals surface area contributed by atoms with Crippen LogP contribution in [0.5, 0.6) is 0 Å². The van der Waals surface area contributed by atoms with Crippen LogP contribution in [0, 0.1) is 0 Å². The molecule has 1 saturated heterocycles. The van der Waals surface area contributed by atoms with Gasteiger partial charge in [0.2, 0.25) is 0 Å². The molecule has 2 N–H and O–H groups in total. The number of ether oxygens (including phenoxy) is 1. The molecular formula is C23H40N4O. The van der Waals surface area contributed by atoms with Gasteiger partial charge in [0.1, 0.15) is 0 Å². The third-order valence-electron chi connectivity index (χ3n) is 5.29. The van der Waals surface area contributed by atoms with Crippen molar-refractivity contribution >= 4 is 5.96 Å². The monoisotopic (exact) mass is 388 g/mol. The number of nitrogens with zero attached hydrogens (tertiary/aromatic N) is 2. The van der Waals surface area contributed by atoms with Crippen molar-refractivity contribution in [2.24, 2.45) is 4.99 Å². The molecule has 0 unspecified atom stereocenters. The van der Waals surface area contributed by atoms with E-state index < -0.39 is 0 Å². The number of benzene rings is 1. The molecule has 1 heterocycles. The number of likely N-dealkylation sites (tertiary alicyclic amines) is 1. The first-order chi connectivity index (χ1) is 13.3. The predicted molar refractivity (Wildman–Crippen MR) is 119 cm³/mol. The Morgan fingerprint density at radius 1 is 1.18 bits per heavy atom. The van der Waals surface area contributed by atoms with Gasteiger partial charge in [-0.05, 0) is 43.2 Å². The molecular weight excluding hydrogens is 348 g/mol. The minimum absolute atomic E-state index is 0.194. The summed E-state index contributed by atoms with van der Waals surface area (Å²) in [5.74, 6) is 0.890. The van der Waals surface area contributed by atoms with Gasteiger partial charge in [0.25, 0.3) is 0 Å². The van der Waals surface area contributed by atoms with E-state index in [-0.39, 0.29) is 5.41 Å². The third-order valence-corrected chi connectivity index (χ3v) is 5.29. The van der Waals surface area contributed by atoms with Gasteiger partial charge >= 0.3 is 0 Å². The summed E-state index contributed by atoms with van der Waals surface area (Å²) in [6.07, 6.45) is 2.60. The second kappa shape index (κ2) is 10.8. The van der Waals surface area contributed by atoms with Gasteiger partial charge in [0, 0.05) is 39.3 Å². The van der Waals surface area contributed by atoms with Crippen LogP contribution in [0.2, 0.25) is 0 Å². The van der Waals surface area contributed by atoms with E-state index in [0.717, 1.165) is 51.6 Å². The van der Waals surface area contributed by atoms with E-state index in [1.807, 2.05) is 7.05 Å². The fourth-order valence-electron chi connectivity index (χ4n) is 3.41. The summed E-state index contributed by atoms with van der Waals surface area (Å²) >= 11 is 0. The SMILES string of the molecule is CN=C(NCc1ccc(C(C)(C)C)cc1)NC1CCN(CCOC(C)C)CC1. The van der Waals surface area contributed by atoms with E-state index in [1.54, 1.807) is 0 Å². The summed E-state index contributed by atoms with van der Waals surface area (Å²) < 4.78 is 5.67. The van der Waals surface area contributed by atoms with E-state index >= 15 is 0 Å². The Hall–Kier alpha value is -1.59. The molecule has 28 heavy (non-hydrogen) atoms.